The smallest absolute Gasteiger partial charge is 0.265 e. The third kappa shape index (κ3) is 3.22. The maximum Gasteiger partial charge on any atom is 0.265 e. The number of fused-ring (bicyclic) bond motifs is 1. The summed E-state index contributed by atoms with van der Waals surface area (Å²) in [6.07, 6.45) is 0. The molecule has 0 saturated heterocycles. The van der Waals surface area contributed by atoms with Gasteiger partial charge in [0.15, 0.2) is 0 Å². The Morgan fingerprint density at radius 2 is 1.40 bits per heavy atom. The highest BCUT2D eigenvalue weighted by molar-refractivity contribution is 6.17. The number of hydrogen-bond donors (Lipinski definition) is 0. The first-order valence-corrected chi connectivity index (χ1v) is 9.31. The van der Waals surface area contributed by atoms with E-state index in [-0.39, 0.29) is 6.54 Å². The van der Waals surface area contributed by atoms with Crippen LogP contribution in [0.5, 0.6) is 0 Å². The van der Waals surface area contributed by atoms with E-state index in [0.717, 1.165) is 23.1 Å². The molecule has 0 spiro atoms. The summed E-state index contributed by atoms with van der Waals surface area (Å²) in [5.74, 6) is -3.91. The van der Waals surface area contributed by atoms with Crippen molar-refractivity contribution in [1.82, 2.24) is 0 Å². The van der Waals surface area contributed by atoms with Gasteiger partial charge in [0.25, 0.3) is 5.91 Å². The summed E-state index contributed by atoms with van der Waals surface area (Å²) >= 11 is 0. The van der Waals surface area contributed by atoms with Gasteiger partial charge in [-0.25, -0.2) is 13.2 Å². The number of halogens is 3. The van der Waals surface area contributed by atoms with Crippen LogP contribution in [0, 0.1) is 17.5 Å². The summed E-state index contributed by atoms with van der Waals surface area (Å²) in [4.78, 5) is 28.7. The van der Waals surface area contributed by atoms with E-state index < -0.39 is 40.9 Å². The lowest BCUT2D eigenvalue weighted by atomic mass is 10.0. The molecule has 0 fully saturated rings. The molecule has 3 aromatic carbocycles. The molecule has 0 saturated carbocycles. The van der Waals surface area contributed by atoms with Gasteiger partial charge in [-0.2, -0.15) is 0 Å². The van der Waals surface area contributed by atoms with E-state index in [1.807, 2.05) is 0 Å². The summed E-state index contributed by atoms with van der Waals surface area (Å²) in [5, 5.41) is 0. The minimum Gasteiger partial charge on any atom is -0.304 e. The number of rotatable bonds is 3. The molecule has 1 atom stereocenters. The van der Waals surface area contributed by atoms with Gasteiger partial charge in [-0.1, -0.05) is 36.4 Å². The van der Waals surface area contributed by atoms with Crippen molar-refractivity contribution < 1.29 is 22.8 Å². The summed E-state index contributed by atoms with van der Waals surface area (Å²) in [7, 11) is 0. The minimum absolute atomic E-state index is 0.0387. The molecule has 4 rings (SSSR count). The van der Waals surface area contributed by atoms with Crippen LogP contribution in [0.4, 0.5) is 24.5 Å². The van der Waals surface area contributed by atoms with Gasteiger partial charge in [-0.05, 0) is 37.3 Å². The summed E-state index contributed by atoms with van der Waals surface area (Å²) < 4.78 is 42.7. The fraction of sp³-hybridized carbons (Fsp3) is 0.130. The number of anilines is 2. The first-order valence-electron chi connectivity index (χ1n) is 9.31. The molecule has 0 N–H and O–H groups in total. The normalized spacial score (nSPS) is 15.9. The zero-order valence-corrected chi connectivity index (χ0v) is 16.0. The van der Waals surface area contributed by atoms with E-state index in [1.165, 1.54) is 17.9 Å². The average Bonchev–Trinajstić information content (AvgIpc) is 2.72. The van der Waals surface area contributed by atoms with E-state index >= 15 is 0 Å². The molecule has 30 heavy (non-hydrogen) atoms. The minimum atomic E-state index is -1.04. The number of carbonyl (C=O) groups is 2. The van der Waals surface area contributed by atoms with Crippen LogP contribution in [-0.4, -0.2) is 17.9 Å². The molecular weight excluding hydrogens is 393 g/mol. The Morgan fingerprint density at radius 3 is 2.07 bits per heavy atom. The largest absolute Gasteiger partial charge is 0.304 e. The zero-order chi connectivity index (χ0) is 21.4. The number of para-hydroxylation sites is 2. The second-order valence-electron chi connectivity index (χ2n) is 6.95. The molecule has 2 amide bonds. The van der Waals surface area contributed by atoms with Crippen LogP contribution in [-0.2, 0) is 11.3 Å². The molecule has 1 aliphatic rings. The van der Waals surface area contributed by atoms with E-state index in [2.05, 4.69) is 0 Å². The lowest BCUT2D eigenvalue weighted by molar-refractivity contribution is -0.119. The summed E-state index contributed by atoms with van der Waals surface area (Å²) in [5.41, 5.74) is 0.254. The molecular formula is C23H17F3N2O2. The predicted molar refractivity (Wildman–Crippen MR) is 107 cm³/mol. The number of carbonyl (C=O) groups excluding carboxylic acids is 2. The number of amides is 2. The van der Waals surface area contributed by atoms with Crippen molar-refractivity contribution in [2.75, 3.05) is 9.80 Å². The van der Waals surface area contributed by atoms with Gasteiger partial charge in [0.05, 0.1) is 17.9 Å². The van der Waals surface area contributed by atoms with E-state index in [4.69, 9.17) is 0 Å². The van der Waals surface area contributed by atoms with E-state index in [1.54, 1.807) is 42.5 Å². The first-order chi connectivity index (χ1) is 14.4. The highest BCUT2D eigenvalue weighted by Gasteiger charge is 2.40. The number of benzene rings is 3. The monoisotopic (exact) mass is 410 g/mol. The molecule has 152 valence electrons. The molecule has 4 nitrogen and oxygen atoms in total. The lowest BCUT2D eigenvalue weighted by Gasteiger charge is -2.40. The highest BCUT2D eigenvalue weighted by atomic mass is 19.1. The third-order valence-corrected chi connectivity index (χ3v) is 5.12. The Morgan fingerprint density at radius 1 is 0.833 bits per heavy atom. The zero-order valence-electron chi connectivity index (χ0n) is 16.0. The standard InChI is InChI=1S/C23H17F3N2O2/c1-14-22(29)27(13-15-7-2-3-8-16(15)24)19-11-4-5-12-20(19)28(14)23(30)21-17(25)9-6-10-18(21)26/h2-12,14H,13H2,1H3. The molecule has 7 heteroatoms. The Kier molecular flexibility index (Phi) is 5.03. The lowest BCUT2D eigenvalue weighted by Crippen LogP contribution is -2.54. The highest BCUT2D eigenvalue weighted by Crippen LogP contribution is 2.38. The van der Waals surface area contributed by atoms with Gasteiger partial charge in [-0.3, -0.25) is 14.5 Å². The molecule has 0 aromatic heterocycles. The topological polar surface area (TPSA) is 40.6 Å². The fourth-order valence-corrected chi connectivity index (χ4v) is 3.63. The Balaban J connectivity index is 1.80. The van der Waals surface area contributed by atoms with Crippen molar-refractivity contribution in [2.24, 2.45) is 0 Å². The van der Waals surface area contributed by atoms with Crippen LogP contribution < -0.4 is 9.80 Å². The Labute approximate surface area is 171 Å². The Hall–Kier alpha value is -3.61. The van der Waals surface area contributed by atoms with Gasteiger partial charge < -0.3 is 4.90 Å². The quantitative estimate of drug-likeness (QED) is 0.629. The number of nitrogens with zero attached hydrogens (tertiary/aromatic N) is 2. The molecule has 0 aliphatic carbocycles. The molecule has 0 radical (unpaired) electrons. The van der Waals surface area contributed by atoms with E-state index in [9.17, 15) is 22.8 Å². The first kappa shape index (κ1) is 19.7. The van der Waals surface area contributed by atoms with Crippen molar-refractivity contribution >= 4 is 23.2 Å². The molecule has 1 unspecified atom stereocenters. The average molecular weight is 410 g/mol. The maximum atomic E-state index is 14.2. The SMILES string of the molecule is CC1C(=O)N(Cc2ccccc2F)c2ccccc2N1C(=O)c1c(F)cccc1F. The van der Waals surface area contributed by atoms with Crippen molar-refractivity contribution in [3.63, 3.8) is 0 Å². The molecule has 1 aliphatic heterocycles. The van der Waals surface area contributed by atoms with Crippen molar-refractivity contribution in [3.05, 3.63) is 95.3 Å². The van der Waals surface area contributed by atoms with E-state index in [0.29, 0.717) is 16.9 Å². The fourth-order valence-electron chi connectivity index (χ4n) is 3.63. The van der Waals surface area contributed by atoms with Crippen LogP contribution in [0.15, 0.2) is 66.7 Å². The number of hydrogen-bond acceptors (Lipinski definition) is 2. The van der Waals surface area contributed by atoms with Crippen molar-refractivity contribution in [2.45, 2.75) is 19.5 Å². The third-order valence-electron chi connectivity index (χ3n) is 5.12. The van der Waals surface area contributed by atoms with Gasteiger partial charge in [0.1, 0.15) is 29.1 Å². The maximum absolute atomic E-state index is 14.2. The van der Waals surface area contributed by atoms with Crippen LogP contribution in [0.25, 0.3) is 0 Å². The van der Waals surface area contributed by atoms with Gasteiger partial charge in [0, 0.05) is 5.56 Å². The second kappa shape index (κ2) is 7.67. The predicted octanol–water partition coefficient (Wildman–Crippen LogP) is 4.69. The molecule has 3 aromatic rings. The van der Waals surface area contributed by atoms with Crippen LogP contribution >= 0.6 is 0 Å². The van der Waals surface area contributed by atoms with Crippen molar-refractivity contribution in [3.8, 4) is 0 Å². The molecule has 0 bridgehead atoms. The Bertz CT molecular complexity index is 1130. The van der Waals surface area contributed by atoms with Crippen LogP contribution in [0.3, 0.4) is 0 Å². The van der Waals surface area contributed by atoms with Crippen molar-refractivity contribution in [1.29, 1.82) is 0 Å². The van der Waals surface area contributed by atoms with Gasteiger partial charge in [0.2, 0.25) is 5.91 Å². The molecule has 1 heterocycles. The van der Waals surface area contributed by atoms with Crippen LogP contribution in [0.1, 0.15) is 22.8 Å². The summed E-state index contributed by atoms with van der Waals surface area (Å²) in [6, 6.07) is 14.7. The van der Waals surface area contributed by atoms with Crippen LogP contribution in [0.2, 0.25) is 0 Å². The second-order valence-corrected chi connectivity index (χ2v) is 6.95. The van der Waals surface area contributed by atoms with Gasteiger partial charge in [-0.15, -0.1) is 0 Å². The summed E-state index contributed by atoms with van der Waals surface area (Å²) in [6.45, 7) is 1.44. The van der Waals surface area contributed by atoms with Gasteiger partial charge >= 0.3 is 0 Å².